The number of hydrogen-bond acceptors (Lipinski definition) is 3. The van der Waals surface area contributed by atoms with Gasteiger partial charge in [-0.1, -0.05) is 30.3 Å². The van der Waals surface area contributed by atoms with E-state index in [4.69, 9.17) is 4.98 Å². The first-order valence-corrected chi connectivity index (χ1v) is 9.04. The minimum absolute atomic E-state index is 0.796. The lowest BCUT2D eigenvalue weighted by Gasteiger charge is -2.08. The number of pyridine rings is 3. The number of hydrogen-bond donors (Lipinski definition) is 0. The van der Waals surface area contributed by atoms with Crippen LogP contribution < -0.4 is 0 Å². The monoisotopic (exact) mass is 400 g/mol. The molecule has 0 fully saturated rings. The van der Waals surface area contributed by atoms with E-state index in [1.165, 1.54) is 5.39 Å². The summed E-state index contributed by atoms with van der Waals surface area (Å²) in [5.74, 6) is 0.863. The Balaban J connectivity index is 1.79. The van der Waals surface area contributed by atoms with Gasteiger partial charge in [-0.05, 0) is 52.3 Å². The fourth-order valence-electron chi connectivity index (χ4n) is 3.30. The Kier molecular flexibility index (Phi) is 3.53. The molecule has 4 nitrogen and oxygen atoms in total. The molecular formula is C21H13BrN4. The van der Waals surface area contributed by atoms with E-state index >= 15 is 0 Å². The standard InChI is InChI=1S/C21H13BrN4/c22-20-9-3-6-16(24-20)17-7-4-10-21(25-17)26-18-8-2-1-5-14(18)15-13-23-12-11-19(15)26/h1-13H. The summed E-state index contributed by atoms with van der Waals surface area (Å²) < 4.78 is 2.97. The second-order valence-corrected chi connectivity index (χ2v) is 6.78. The van der Waals surface area contributed by atoms with Crippen LogP contribution in [0.1, 0.15) is 0 Å². The van der Waals surface area contributed by atoms with Gasteiger partial charge in [-0.3, -0.25) is 9.55 Å². The summed E-state index contributed by atoms with van der Waals surface area (Å²) in [4.78, 5) is 13.7. The summed E-state index contributed by atoms with van der Waals surface area (Å²) in [5.41, 5.74) is 3.88. The van der Waals surface area contributed by atoms with Gasteiger partial charge in [0, 0.05) is 23.2 Å². The van der Waals surface area contributed by atoms with Gasteiger partial charge in [0.25, 0.3) is 0 Å². The highest BCUT2D eigenvalue weighted by molar-refractivity contribution is 9.10. The number of fused-ring (bicyclic) bond motifs is 3. The van der Waals surface area contributed by atoms with Crippen LogP contribution in [0.2, 0.25) is 0 Å². The zero-order valence-electron chi connectivity index (χ0n) is 13.7. The Bertz CT molecular complexity index is 1210. The van der Waals surface area contributed by atoms with Crippen LogP contribution in [0.4, 0.5) is 0 Å². The van der Waals surface area contributed by atoms with Gasteiger partial charge in [0.05, 0.1) is 22.4 Å². The fraction of sp³-hybridized carbons (Fsp3) is 0. The topological polar surface area (TPSA) is 43.6 Å². The van der Waals surface area contributed by atoms with Crippen LogP contribution in [-0.4, -0.2) is 19.5 Å². The number of aromatic nitrogens is 4. The van der Waals surface area contributed by atoms with Crippen molar-refractivity contribution in [3.8, 4) is 17.2 Å². The zero-order valence-corrected chi connectivity index (χ0v) is 15.3. The molecule has 0 saturated heterocycles. The Hall–Kier alpha value is -3.05. The van der Waals surface area contributed by atoms with Crippen LogP contribution in [0.25, 0.3) is 39.0 Å². The van der Waals surface area contributed by atoms with E-state index in [1.807, 2.05) is 67.0 Å². The maximum absolute atomic E-state index is 4.89. The number of benzene rings is 1. The SMILES string of the molecule is Brc1cccc(-c2cccc(-n3c4ccccc4c4cnccc43)n2)n1. The lowest BCUT2D eigenvalue weighted by atomic mass is 10.2. The number of nitrogens with zero attached hydrogens (tertiary/aromatic N) is 4. The molecule has 4 aromatic heterocycles. The maximum atomic E-state index is 4.89. The van der Waals surface area contributed by atoms with Crippen LogP contribution in [0, 0.1) is 0 Å². The Morgan fingerprint density at radius 1 is 0.692 bits per heavy atom. The van der Waals surface area contributed by atoms with Crippen molar-refractivity contribution in [3.05, 3.63) is 83.7 Å². The molecule has 0 aliphatic carbocycles. The molecule has 5 heteroatoms. The molecule has 0 aliphatic rings. The molecule has 0 unspecified atom stereocenters. The van der Waals surface area contributed by atoms with E-state index in [9.17, 15) is 0 Å². The van der Waals surface area contributed by atoms with Crippen molar-refractivity contribution in [1.29, 1.82) is 0 Å². The molecule has 124 valence electrons. The van der Waals surface area contributed by atoms with Crippen LogP contribution >= 0.6 is 15.9 Å². The smallest absolute Gasteiger partial charge is 0.138 e. The average molecular weight is 401 g/mol. The van der Waals surface area contributed by atoms with Crippen LogP contribution in [-0.2, 0) is 0 Å². The highest BCUT2D eigenvalue weighted by Gasteiger charge is 2.13. The average Bonchev–Trinajstić information content (AvgIpc) is 3.03. The first-order chi connectivity index (χ1) is 12.8. The predicted octanol–water partition coefficient (Wildman–Crippen LogP) is 5.40. The molecule has 0 bridgehead atoms. The third-order valence-corrected chi connectivity index (χ3v) is 4.86. The van der Waals surface area contributed by atoms with Gasteiger partial charge < -0.3 is 0 Å². The number of halogens is 1. The van der Waals surface area contributed by atoms with Gasteiger partial charge in [0.1, 0.15) is 10.4 Å². The van der Waals surface area contributed by atoms with Crippen LogP contribution in [0.15, 0.2) is 83.7 Å². The summed E-state index contributed by atoms with van der Waals surface area (Å²) in [6.07, 6.45) is 3.73. The van der Waals surface area contributed by atoms with E-state index in [1.54, 1.807) is 0 Å². The van der Waals surface area contributed by atoms with E-state index in [-0.39, 0.29) is 0 Å². The van der Waals surface area contributed by atoms with E-state index < -0.39 is 0 Å². The molecule has 1 aromatic carbocycles. The molecule has 5 aromatic rings. The third-order valence-electron chi connectivity index (χ3n) is 4.42. The Labute approximate surface area is 158 Å². The van der Waals surface area contributed by atoms with Crippen LogP contribution in [0.3, 0.4) is 0 Å². The van der Waals surface area contributed by atoms with E-state index in [0.29, 0.717) is 0 Å². The van der Waals surface area contributed by atoms with Gasteiger partial charge in [0.2, 0.25) is 0 Å². The quantitative estimate of drug-likeness (QED) is 0.372. The number of rotatable bonds is 2. The summed E-state index contributed by atoms with van der Waals surface area (Å²) >= 11 is 3.43. The van der Waals surface area contributed by atoms with Crippen LogP contribution in [0.5, 0.6) is 0 Å². The van der Waals surface area contributed by atoms with Crippen molar-refractivity contribution in [1.82, 2.24) is 19.5 Å². The molecule has 0 radical (unpaired) electrons. The third kappa shape index (κ3) is 2.40. The van der Waals surface area contributed by atoms with Gasteiger partial charge in [-0.15, -0.1) is 0 Å². The molecule has 4 heterocycles. The molecular weight excluding hydrogens is 388 g/mol. The second-order valence-electron chi connectivity index (χ2n) is 5.97. The van der Waals surface area contributed by atoms with Crippen molar-refractivity contribution >= 4 is 37.7 Å². The normalized spacial score (nSPS) is 11.3. The zero-order chi connectivity index (χ0) is 17.5. The molecule has 0 aliphatic heterocycles. The largest absolute Gasteiger partial charge is 0.294 e. The molecule has 26 heavy (non-hydrogen) atoms. The Morgan fingerprint density at radius 3 is 2.35 bits per heavy atom. The summed E-state index contributed by atoms with van der Waals surface area (Å²) in [6, 6.07) is 22.2. The van der Waals surface area contributed by atoms with Gasteiger partial charge in [0.15, 0.2) is 0 Å². The minimum atomic E-state index is 0.796. The highest BCUT2D eigenvalue weighted by Crippen LogP contribution is 2.31. The molecule has 0 N–H and O–H groups in total. The van der Waals surface area contributed by atoms with Gasteiger partial charge >= 0.3 is 0 Å². The van der Waals surface area contributed by atoms with E-state index in [2.05, 4.69) is 42.6 Å². The predicted molar refractivity (Wildman–Crippen MR) is 107 cm³/mol. The van der Waals surface area contributed by atoms with Crippen molar-refractivity contribution in [2.45, 2.75) is 0 Å². The van der Waals surface area contributed by atoms with Gasteiger partial charge in [-0.25, -0.2) is 9.97 Å². The molecule has 0 saturated carbocycles. The molecule has 5 rings (SSSR count). The first-order valence-electron chi connectivity index (χ1n) is 8.25. The lowest BCUT2D eigenvalue weighted by molar-refractivity contribution is 1.07. The fourth-order valence-corrected chi connectivity index (χ4v) is 3.65. The van der Waals surface area contributed by atoms with Crippen molar-refractivity contribution in [2.24, 2.45) is 0 Å². The minimum Gasteiger partial charge on any atom is -0.294 e. The first kappa shape index (κ1) is 15.2. The summed E-state index contributed by atoms with van der Waals surface area (Å²) in [6.45, 7) is 0. The lowest BCUT2D eigenvalue weighted by Crippen LogP contribution is -1.99. The van der Waals surface area contributed by atoms with Gasteiger partial charge in [-0.2, -0.15) is 0 Å². The number of para-hydroxylation sites is 1. The van der Waals surface area contributed by atoms with E-state index in [0.717, 1.165) is 38.2 Å². The summed E-state index contributed by atoms with van der Waals surface area (Å²) in [7, 11) is 0. The Morgan fingerprint density at radius 2 is 1.46 bits per heavy atom. The second kappa shape index (κ2) is 6.04. The molecule has 0 amide bonds. The van der Waals surface area contributed by atoms with Crippen molar-refractivity contribution < 1.29 is 0 Å². The van der Waals surface area contributed by atoms with Crippen molar-refractivity contribution in [3.63, 3.8) is 0 Å². The highest BCUT2D eigenvalue weighted by atomic mass is 79.9. The molecule has 0 spiro atoms. The maximum Gasteiger partial charge on any atom is 0.138 e. The molecule has 0 atom stereocenters. The van der Waals surface area contributed by atoms with Crippen molar-refractivity contribution in [2.75, 3.05) is 0 Å². The summed E-state index contributed by atoms with van der Waals surface area (Å²) in [5, 5.41) is 2.29.